The lowest BCUT2D eigenvalue weighted by Crippen LogP contribution is -1.98. The highest BCUT2D eigenvalue weighted by Crippen LogP contribution is 2.29. The van der Waals surface area contributed by atoms with Gasteiger partial charge in [0.1, 0.15) is 4.90 Å². The van der Waals surface area contributed by atoms with E-state index in [0.717, 1.165) is 16.2 Å². The van der Waals surface area contributed by atoms with Gasteiger partial charge in [-0.2, -0.15) is 8.42 Å². The van der Waals surface area contributed by atoms with Crippen molar-refractivity contribution in [3.05, 3.63) is 54.6 Å². The molecule has 3 nitrogen and oxygen atoms in total. The van der Waals surface area contributed by atoms with Crippen LogP contribution in [0.2, 0.25) is 0 Å². The van der Waals surface area contributed by atoms with Crippen LogP contribution in [0.1, 0.15) is 0 Å². The van der Waals surface area contributed by atoms with Crippen LogP contribution in [0.3, 0.4) is 0 Å². The molecule has 1 N–H and O–H groups in total. The summed E-state index contributed by atoms with van der Waals surface area (Å²) >= 11 is 0. The summed E-state index contributed by atoms with van der Waals surface area (Å²) in [6.07, 6.45) is 0. The zero-order valence-electron chi connectivity index (χ0n) is 9.37. The van der Waals surface area contributed by atoms with Gasteiger partial charge < -0.3 is 0 Å². The van der Waals surface area contributed by atoms with Gasteiger partial charge in [0.25, 0.3) is 10.1 Å². The largest absolute Gasteiger partial charge is 0.295 e. The molecule has 0 bridgehead atoms. The van der Waals surface area contributed by atoms with Gasteiger partial charge in [0, 0.05) is 5.39 Å². The van der Waals surface area contributed by atoms with E-state index in [2.05, 4.69) is 0 Å². The van der Waals surface area contributed by atoms with Crippen molar-refractivity contribution in [2.45, 2.75) is 4.90 Å². The van der Waals surface area contributed by atoms with Crippen LogP contribution < -0.4 is 0 Å². The Morgan fingerprint density at radius 2 is 1.44 bits per heavy atom. The van der Waals surface area contributed by atoms with E-state index >= 15 is 0 Å². The average molecular weight is 258 g/mol. The fourth-order valence-electron chi connectivity index (χ4n) is 2.24. The fourth-order valence-corrected chi connectivity index (χ4v) is 2.94. The molecule has 0 aliphatic heterocycles. The zero-order valence-corrected chi connectivity index (χ0v) is 10.2. The van der Waals surface area contributed by atoms with Gasteiger partial charge in [0.2, 0.25) is 0 Å². The van der Waals surface area contributed by atoms with Crippen LogP contribution in [0, 0.1) is 0 Å². The lowest BCUT2D eigenvalue weighted by Gasteiger charge is -2.06. The van der Waals surface area contributed by atoms with Crippen LogP contribution in [-0.4, -0.2) is 13.0 Å². The molecule has 3 aromatic carbocycles. The average Bonchev–Trinajstić information content (AvgIpc) is 2.36. The van der Waals surface area contributed by atoms with Crippen molar-refractivity contribution in [3.63, 3.8) is 0 Å². The molecule has 0 aliphatic rings. The minimum Gasteiger partial charge on any atom is -0.282 e. The second kappa shape index (κ2) is 3.80. The third kappa shape index (κ3) is 1.66. The molecule has 0 amide bonds. The predicted molar refractivity (Wildman–Crippen MR) is 71.3 cm³/mol. The van der Waals surface area contributed by atoms with Crippen LogP contribution in [-0.2, 0) is 10.1 Å². The van der Waals surface area contributed by atoms with E-state index in [1.807, 2.05) is 36.4 Å². The molecule has 0 atom stereocenters. The van der Waals surface area contributed by atoms with Crippen molar-refractivity contribution in [2.24, 2.45) is 0 Å². The first-order chi connectivity index (χ1) is 8.57. The lowest BCUT2D eigenvalue weighted by atomic mass is 10.0. The zero-order chi connectivity index (χ0) is 12.8. The van der Waals surface area contributed by atoms with E-state index in [4.69, 9.17) is 0 Å². The highest BCUT2D eigenvalue weighted by Gasteiger charge is 2.14. The Balaban J connectivity index is 2.56. The first-order valence-corrected chi connectivity index (χ1v) is 6.89. The van der Waals surface area contributed by atoms with Gasteiger partial charge >= 0.3 is 0 Å². The van der Waals surface area contributed by atoms with Crippen LogP contribution in [0.4, 0.5) is 0 Å². The first kappa shape index (κ1) is 11.2. The molecule has 0 fully saturated rings. The fraction of sp³-hybridized carbons (Fsp3) is 0. The van der Waals surface area contributed by atoms with Crippen LogP contribution in [0.5, 0.6) is 0 Å². The van der Waals surface area contributed by atoms with Gasteiger partial charge in [-0.15, -0.1) is 0 Å². The third-order valence-corrected chi connectivity index (χ3v) is 3.94. The monoisotopic (exact) mass is 258 g/mol. The minimum atomic E-state index is -4.20. The van der Waals surface area contributed by atoms with Gasteiger partial charge in [-0.1, -0.05) is 48.5 Å². The van der Waals surface area contributed by atoms with Gasteiger partial charge in [0.15, 0.2) is 0 Å². The van der Waals surface area contributed by atoms with Crippen molar-refractivity contribution in [2.75, 3.05) is 0 Å². The summed E-state index contributed by atoms with van der Waals surface area (Å²) in [7, 11) is -4.20. The molecule has 18 heavy (non-hydrogen) atoms. The Morgan fingerprint density at radius 3 is 2.22 bits per heavy atom. The molecule has 0 radical (unpaired) electrons. The highest BCUT2D eigenvalue weighted by atomic mass is 32.2. The van der Waals surface area contributed by atoms with Gasteiger partial charge in [-0.25, -0.2) is 0 Å². The molecular formula is C14H10O3S. The summed E-state index contributed by atoms with van der Waals surface area (Å²) in [5.41, 5.74) is 0. The Bertz CT molecular complexity index is 851. The van der Waals surface area contributed by atoms with E-state index < -0.39 is 10.1 Å². The van der Waals surface area contributed by atoms with Gasteiger partial charge in [0.05, 0.1) is 0 Å². The molecule has 3 rings (SSSR count). The standard InChI is InChI=1S/C14H10O3S/c15-18(16,17)14-7-3-6-12-11-5-2-1-4-10(11)8-9-13(12)14/h1-9H,(H,15,16,17). The Hall–Kier alpha value is -1.91. The SMILES string of the molecule is O=S(=O)(O)c1cccc2c1ccc1ccccc12. The molecule has 0 spiro atoms. The van der Waals surface area contributed by atoms with E-state index in [9.17, 15) is 13.0 Å². The molecule has 90 valence electrons. The van der Waals surface area contributed by atoms with Crippen LogP contribution in [0.15, 0.2) is 59.5 Å². The van der Waals surface area contributed by atoms with Crippen molar-refractivity contribution in [1.29, 1.82) is 0 Å². The summed E-state index contributed by atoms with van der Waals surface area (Å²) in [6.45, 7) is 0. The summed E-state index contributed by atoms with van der Waals surface area (Å²) in [5.74, 6) is 0. The topological polar surface area (TPSA) is 54.4 Å². The summed E-state index contributed by atoms with van der Waals surface area (Å²) in [6, 6.07) is 16.2. The quantitative estimate of drug-likeness (QED) is 0.538. The molecular weight excluding hydrogens is 248 g/mol. The number of fused-ring (bicyclic) bond motifs is 3. The maximum Gasteiger partial charge on any atom is 0.295 e. The van der Waals surface area contributed by atoms with Gasteiger partial charge in [-0.05, 0) is 22.2 Å². The number of hydrogen-bond acceptors (Lipinski definition) is 2. The second-order valence-corrected chi connectivity index (χ2v) is 5.50. The van der Waals surface area contributed by atoms with E-state index in [-0.39, 0.29) is 4.90 Å². The van der Waals surface area contributed by atoms with Crippen LogP contribution >= 0.6 is 0 Å². The summed E-state index contributed by atoms with van der Waals surface area (Å²) in [4.78, 5) is -0.0502. The molecule has 0 aromatic heterocycles. The summed E-state index contributed by atoms with van der Waals surface area (Å²) < 4.78 is 31.9. The molecule has 4 heteroatoms. The third-order valence-electron chi connectivity index (χ3n) is 3.02. The lowest BCUT2D eigenvalue weighted by molar-refractivity contribution is 0.484. The number of benzene rings is 3. The molecule has 0 aliphatic carbocycles. The van der Waals surface area contributed by atoms with Crippen molar-refractivity contribution < 1.29 is 13.0 Å². The Morgan fingerprint density at radius 1 is 0.722 bits per heavy atom. The highest BCUT2D eigenvalue weighted by molar-refractivity contribution is 7.86. The number of hydrogen-bond donors (Lipinski definition) is 1. The molecule has 3 aromatic rings. The smallest absolute Gasteiger partial charge is 0.282 e. The number of rotatable bonds is 1. The van der Waals surface area contributed by atoms with Crippen molar-refractivity contribution >= 4 is 31.7 Å². The maximum absolute atomic E-state index is 11.3. The molecule has 0 saturated carbocycles. The predicted octanol–water partition coefficient (Wildman–Crippen LogP) is 3.24. The first-order valence-electron chi connectivity index (χ1n) is 5.45. The van der Waals surface area contributed by atoms with Gasteiger partial charge in [-0.3, -0.25) is 4.55 Å². The second-order valence-electron chi connectivity index (χ2n) is 4.11. The molecule has 0 saturated heterocycles. The molecule has 0 unspecified atom stereocenters. The maximum atomic E-state index is 11.3. The normalized spacial score (nSPS) is 12.1. The van der Waals surface area contributed by atoms with Crippen LogP contribution in [0.25, 0.3) is 21.5 Å². The van der Waals surface area contributed by atoms with Crippen molar-refractivity contribution in [1.82, 2.24) is 0 Å². The molecule has 0 heterocycles. The van der Waals surface area contributed by atoms with Crippen molar-refractivity contribution in [3.8, 4) is 0 Å². The Labute approximate surface area is 104 Å². The summed E-state index contributed by atoms with van der Waals surface area (Å²) in [5, 5.41) is 3.37. The van der Waals surface area contributed by atoms with E-state index in [1.54, 1.807) is 12.1 Å². The van der Waals surface area contributed by atoms with E-state index in [1.165, 1.54) is 6.07 Å². The van der Waals surface area contributed by atoms with E-state index in [0.29, 0.717) is 5.39 Å². The Kier molecular flexibility index (Phi) is 2.36. The minimum absolute atomic E-state index is 0.0502.